The van der Waals surface area contributed by atoms with E-state index in [0.717, 1.165) is 48.6 Å². The molecule has 1 aromatic heterocycles. The van der Waals surface area contributed by atoms with Crippen LogP contribution in [-0.4, -0.2) is 40.7 Å². The number of carbonyl (C=O) groups is 3. The Labute approximate surface area is 207 Å². The van der Waals surface area contributed by atoms with E-state index in [0.29, 0.717) is 24.1 Å². The topological polar surface area (TPSA) is 87.6 Å². The van der Waals surface area contributed by atoms with Crippen molar-refractivity contribution in [3.8, 4) is 0 Å². The van der Waals surface area contributed by atoms with Crippen LogP contribution in [0.4, 0.5) is 5.69 Å². The van der Waals surface area contributed by atoms with Crippen molar-refractivity contribution in [3.63, 3.8) is 0 Å². The number of para-hydroxylation sites is 1. The number of aliphatic hydroxyl groups is 1. The largest absolute Gasteiger partial charge is 0.395 e. The highest BCUT2D eigenvalue weighted by Crippen LogP contribution is 2.25. The van der Waals surface area contributed by atoms with E-state index in [1.165, 1.54) is 0 Å². The molecule has 2 aromatic carbocycles. The number of aliphatic hydroxyl groups excluding tert-OH is 1. The maximum Gasteiger partial charge on any atom is 0.231 e. The highest BCUT2D eigenvalue weighted by molar-refractivity contribution is 6.02. The van der Waals surface area contributed by atoms with Gasteiger partial charge in [0.05, 0.1) is 24.2 Å². The zero-order valence-electron chi connectivity index (χ0n) is 20.4. The number of benzene rings is 2. The Morgan fingerprint density at radius 1 is 0.857 bits per heavy atom. The molecule has 6 nitrogen and oxygen atoms in total. The van der Waals surface area contributed by atoms with Crippen LogP contribution in [-0.2, 0) is 16.0 Å². The summed E-state index contributed by atoms with van der Waals surface area (Å²) < 4.78 is 0. The van der Waals surface area contributed by atoms with Gasteiger partial charge in [-0.2, -0.15) is 0 Å². The van der Waals surface area contributed by atoms with Gasteiger partial charge in [-0.25, -0.2) is 0 Å². The molecule has 1 N–H and O–H groups in total. The van der Waals surface area contributed by atoms with E-state index in [1.807, 2.05) is 42.5 Å². The zero-order valence-corrected chi connectivity index (χ0v) is 20.4. The van der Waals surface area contributed by atoms with Gasteiger partial charge in [0.25, 0.3) is 0 Å². The fourth-order valence-electron chi connectivity index (χ4n) is 4.20. The quantitative estimate of drug-likeness (QED) is 0.253. The number of fused-ring (bicyclic) bond motifs is 1. The van der Waals surface area contributed by atoms with Crippen LogP contribution < -0.4 is 4.90 Å². The van der Waals surface area contributed by atoms with Crippen LogP contribution in [0.25, 0.3) is 10.9 Å². The summed E-state index contributed by atoms with van der Waals surface area (Å²) in [6.07, 6.45) is 7.82. The monoisotopic (exact) mass is 474 g/mol. The van der Waals surface area contributed by atoms with E-state index in [2.05, 4.69) is 4.98 Å². The van der Waals surface area contributed by atoms with Crippen molar-refractivity contribution in [2.75, 3.05) is 18.1 Å². The Morgan fingerprint density at radius 3 is 2.26 bits per heavy atom. The highest BCUT2D eigenvalue weighted by atomic mass is 16.3. The summed E-state index contributed by atoms with van der Waals surface area (Å²) in [7, 11) is 0. The number of unbranched alkanes of at least 4 members (excludes halogenated alkanes) is 4. The number of Topliss-reactive ketones (excluding diaryl/α,β-unsaturated/α-hetero) is 2. The first-order valence-electron chi connectivity index (χ1n) is 12.4. The molecule has 0 aliphatic heterocycles. The fraction of sp³-hybridized carbons (Fsp3) is 0.379. The van der Waals surface area contributed by atoms with Gasteiger partial charge in [0.2, 0.25) is 5.91 Å². The Hall–Kier alpha value is -3.38. The first-order valence-corrected chi connectivity index (χ1v) is 12.4. The van der Waals surface area contributed by atoms with Crippen molar-refractivity contribution in [1.82, 2.24) is 4.98 Å². The molecule has 184 valence electrons. The van der Waals surface area contributed by atoms with Gasteiger partial charge in [-0.05, 0) is 37.5 Å². The second-order valence-corrected chi connectivity index (χ2v) is 8.89. The molecule has 0 radical (unpaired) electrons. The first kappa shape index (κ1) is 26.2. The Kier molecular flexibility index (Phi) is 10.1. The molecule has 35 heavy (non-hydrogen) atoms. The molecule has 1 heterocycles. The summed E-state index contributed by atoms with van der Waals surface area (Å²) in [6.45, 7) is 1.65. The Balaban J connectivity index is 1.55. The third-order valence-electron chi connectivity index (χ3n) is 6.09. The van der Waals surface area contributed by atoms with Crippen LogP contribution in [0, 0.1) is 0 Å². The number of anilines is 1. The lowest BCUT2D eigenvalue weighted by atomic mass is 10.0. The molecule has 0 saturated heterocycles. The maximum absolute atomic E-state index is 13.2. The molecule has 3 rings (SSSR count). The van der Waals surface area contributed by atoms with Crippen LogP contribution in [0.15, 0.2) is 60.8 Å². The van der Waals surface area contributed by atoms with E-state index in [4.69, 9.17) is 0 Å². The number of pyridine rings is 1. The SMILES string of the molecule is CC(=O)CCCCCCCC(=O)c1ccc(CC(=O)N(CCO)c2cccc3cccnc23)cc1. The van der Waals surface area contributed by atoms with Crippen LogP contribution >= 0.6 is 0 Å². The molecule has 1 amide bonds. The molecule has 0 unspecified atom stereocenters. The van der Waals surface area contributed by atoms with E-state index in [1.54, 1.807) is 30.2 Å². The number of amides is 1. The van der Waals surface area contributed by atoms with Crippen LogP contribution in [0.2, 0.25) is 0 Å². The summed E-state index contributed by atoms with van der Waals surface area (Å²) >= 11 is 0. The first-order chi connectivity index (χ1) is 17.0. The second-order valence-electron chi connectivity index (χ2n) is 8.89. The maximum atomic E-state index is 13.2. The number of carbonyl (C=O) groups excluding carboxylic acids is 3. The fourth-order valence-corrected chi connectivity index (χ4v) is 4.20. The summed E-state index contributed by atoms with van der Waals surface area (Å²) in [4.78, 5) is 42.6. The zero-order chi connectivity index (χ0) is 25.0. The molecule has 0 fully saturated rings. The van der Waals surface area contributed by atoms with Gasteiger partial charge in [-0.15, -0.1) is 0 Å². The summed E-state index contributed by atoms with van der Waals surface area (Å²) in [5.41, 5.74) is 2.86. The van der Waals surface area contributed by atoms with Crippen LogP contribution in [0.1, 0.15) is 67.8 Å². The number of hydrogen-bond acceptors (Lipinski definition) is 5. The normalized spacial score (nSPS) is 10.9. The minimum absolute atomic E-state index is 0.107. The van der Waals surface area contributed by atoms with Crippen molar-refractivity contribution in [2.24, 2.45) is 0 Å². The molecule has 3 aromatic rings. The van der Waals surface area contributed by atoms with Crippen molar-refractivity contribution < 1.29 is 19.5 Å². The van der Waals surface area contributed by atoms with Crippen molar-refractivity contribution in [1.29, 1.82) is 0 Å². The van der Waals surface area contributed by atoms with Gasteiger partial charge < -0.3 is 14.8 Å². The Morgan fingerprint density at radius 2 is 1.54 bits per heavy atom. The Bertz CT molecular complexity index is 1140. The van der Waals surface area contributed by atoms with Gasteiger partial charge >= 0.3 is 0 Å². The highest BCUT2D eigenvalue weighted by Gasteiger charge is 2.19. The molecule has 0 aliphatic rings. The van der Waals surface area contributed by atoms with Crippen LogP contribution in [0.5, 0.6) is 0 Å². The number of aromatic nitrogens is 1. The average molecular weight is 475 g/mol. The smallest absolute Gasteiger partial charge is 0.231 e. The molecular weight excluding hydrogens is 440 g/mol. The third-order valence-corrected chi connectivity index (χ3v) is 6.09. The number of ketones is 2. The lowest BCUT2D eigenvalue weighted by Gasteiger charge is -2.23. The van der Waals surface area contributed by atoms with Crippen molar-refractivity contribution in [2.45, 2.75) is 58.3 Å². The lowest BCUT2D eigenvalue weighted by Crippen LogP contribution is -2.35. The predicted octanol–water partition coefficient (Wildman–Crippen LogP) is 5.31. The molecule has 0 bridgehead atoms. The summed E-state index contributed by atoms with van der Waals surface area (Å²) in [6, 6.07) is 16.7. The minimum Gasteiger partial charge on any atom is -0.395 e. The molecule has 0 aliphatic carbocycles. The van der Waals surface area contributed by atoms with E-state index in [9.17, 15) is 19.5 Å². The average Bonchev–Trinajstić information content (AvgIpc) is 2.86. The number of hydrogen-bond donors (Lipinski definition) is 1. The van der Waals surface area contributed by atoms with E-state index < -0.39 is 0 Å². The summed E-state index contributed by atoms with van der Waals surface area (Å²) in [5.74, 6) is 0.202. The molecular formula is C29H34N2O4. The standard InChI is InChI=1S/C29H34N2O4/c1-22(33)9-5-3-2-4-6-13-27(34)24-16-14-23(15-17-24)21-28(35)31(19-20-32)26-12-7-10-25-11-8-18-30-29(25)26/h7-8,10-12,14-18,32H,2-6,9,13,19-21H2,1H3. The minimum atomic E-state index is -0.154. The number of rotatable bonds is 14. The van der Waals surface area contributed by atoms with E-state index in [-0.39, 0.29) is 37.0 Å². The molecule has 6 heteroatoms. The number of nitrogens with zero attached hydrogens (tertiary/aromatic N) is 2. The van der Waals surface area contributed by atoms with Gasteiger partial charge in [-0.1, -0.05) is 61.7 Å². The van der Waals surface area contributed by atoms with Gasteiger partial charge in [0.15, 0.2) is 5.78 Å². The summed E-state index contributed by atoms with van der Waals surface area (Å²) in [5, 5.41) is 10.5. The predicted molar refractivity (Wildman–Crippen MR) is 139 cm³/mol. The molecule has 0 saturated carbocycles. The van der Waals surface area contributed by atoms with Gasteiger partial charge in [0, 0.05) is 36.5 Å². The molecule has 0 atom stereocenters. The third kappa shape index (κ3) is 7.82. The second kappa shape index (κ2) is 13.5. The van der Waals surface area contributed by atoms with E-state index >= 15 is 0 Å². The van der Waals surface area contributed by atoms with Crippen LogP contribution in [0.3, 0.4) is 0 Å². The lowest BCUT2D eigenvalue weighted by molar-refractivity contribution is -0.118. The molecule has 0 spiro atoms. The van der Waals surface area contributed by atoms with Crippen molar-refractivity contribution in [3.05, 3.63) is 71.9 Å². The van der Waals surface area contributed by atoms with Gasteiger partial charge in [0.1, 0.15) is 5.78 Å². The van der Waals surface area contributed by atoms with Gasteiger partial charge in [-0.3, -0.25) is 14.6 Å². The van der Waals surface area contributed by atoms with Crippen molar-refractivity contribution >= 4 is 34.1 Å².